The molecule has 0 fully saturated rings. The zero-order valence-corrected chi connectivity index (χ0v) is 12.6. The van der Waals surface area contributed by atoms with Gasteiger partial charge in [0.2, 0.25) is 0 Å². The van der Waals surface area contributed by atoms with Crippen molar-refractivity contribution in [2.45, 2.75) is 32.8 Å². The SMILES string of the molecule is COc1c(C(=O)O)ccc2c1N(C(=O)OC(C)(C)C)CC2. The van der Waals surface area contributed by atoms with E-state index in [1.807, 2.05) is 0 Å². The highest BCUT2D eigenvalue weighted by Gasteiger charge is 2.33. The van der Waals surface area contributed by atoms with Crippen molar-refractivity contribution in [2.24, 2.45) is 0 Å². The standard InChI is InChI=1S/C15H19NO5/c1-15(2,3)21-14(19)16-8-7-9-5-6-10(13(17)18)12(20-4)11(9)16/h5-6H,7-8H2,1-4H3,(H,17,18). The summed E-state index contributed by atoms with van der Waals surface area (Å²) in [5, 5.41) is 9.22. The smallest absolute Gasteiger partial charge is 0.414 e. The molecule has 1 N–H and O–H groups in total. The van der Waals surface area contributed by atoms with Gasteiger partial charge >= 0.3 is 12.1 Å². The van der Waals surface area contributed by atoms with E-state index in [-0.39, 0.29) is 11.3 Å². The number of hydrogen-bond donors (Lipinski definition) is 1. The van der Waals surface area contributed by atoms with Crippen LogP contribution in [0.4, 0.5) is 10.5 Å². The Hall–Kier alpha value is -2.24. The fourth-order valence-electron chi connectivity index (χ4n) is 2.33. The molecule has 0 aliphatic carbocycles. The molecule has 6 heteroatoms. The van der Waals surface area contributed by atoms with Crippen LogP contribution in [-0.4, -0.2) is 36.4 Å². The molecule has 21 heavy (non-hydrogen) atoms. The van der Waals surface area contributed by atoms with Crippen molar-refractivity contribution in [3.05, 3.63) is 23.3 Å². The fraction of sp³-hybridized carbons (Fsp3) is 0.467. The number of benzene rings is 1. The average Bonchev–Trinajstić information content (AvgIpc) is 2.79. The molecule has 0 radical (unpaired) electrons. The second kappa shape index (κ2) is 5.27. The van der Waals surface area contributed by atoms with Gasteiger partial charge in [-0.25, -0.2) is 9.59 Å². The van der Waals surface area contributed by atoms with Crippen LogP contribution in [0.3, 0.4) is 0 Å². The number of ether oxygens (including phenoxy) is 2. The molecule has 1 aromatic rings. The molecule has 1 aromatic carbocycles. The van der Waals surface area contributed by atoms with Gasteiger partial charge < -0.3 is 14.6 Å². The number of fused-ring (bicyclic) bond motifs is 1. The second-order valence-electron chi connectivity index (χ2n) is 5.84. The Morgan fingerprint density at radius 2 is 1.95 bits per heavy atom. The topological polar surface area (TPSA) is 76.1 Å². The van der Waals surface area contributed by atoms with Crippen molar-refractivity contribution in [1.29, 1.82) is 0 Å². The first-order valence-corrected chi connectivity index (χ1v) is 6.68. The lowest BCUT2D eigenvalue weighted by Crippen LogP contribution is -2.36. The summed E-state index contributed by atoms with van der Waals surface area (Å²) in [4.78, 5) is 25.0. The largest absolute Gasteiger partial charge is 0.494 e. The third kappa shape index (κ3) is 2.94. The molecule has 0 saturated carbocycles. The first-order valence-electron chi connectivity index (χ1n) is 6.68. The minimum absolute atomic E-state index is 0.0340. The van der Waals surface area contributed by atoms with Crippen LogP contribution in [0.2, 0.25) is 0 Å². The van der Waals surface area contributed by atoms with Gasteiger partial charge in [0.15, 0.2) is 5.75 Å². The lowest BCUT2D eigenvalue weighted by atomic mass is 10.1. The van der Waals surface area contributed by atoms with E-state index in [0.717, 1.165) is 5.56 Å². The highest BCUT2D eigenvalue weighted by Crippen LogP contribution is 2.40. The van der Waals surface area contributed by atoms with Gasteiger partial charge in [-0.1, -0.05) is 6.07 Å². The zero-order valence-electron chi connectivity index (χ0n) is 12.6. The predicted molar refractivity (Wildman–Crippen MR) is 77.2 cm³/mol. The molecule has 1 amide bonds. The molecular weight excluding hydrogens is 274 g/mol. The van der Waals surface area contributed by atoms with E-state index in [4.69, 9.17) is 9.47 Å². The Bertz CT molecular complexity index is 588. The molecular formula is C15H19NO5. The Labute approximate surface area is 123 Å². The van der Waals surface area contributed by atoms with Gasteiger partial charge in [0.25, 0.3) is 0 Å². The van der Waals surface area contributed by atoms with Crippen LogP contribution in [0, 0.1) is 0 Å². The van der Waals surface area contributed by atoms with Gasteiger partial charge in [0.1, 0.15) is 11.2 Å². The van der Waals surface area contributed by atoms with E-state index in [1.165, 1.54) is 18.1 Å². The summed E-state index contributed by atoms with van der Waals surface area (Å²) >= 11 is 0. The molecule has 0 bridgehead atoms. The minimum Gasteiger partial charge on any atom is -0.494 e. The summed E-state index contributed by atoms with van der Waals surface area (Å²) in [5.74, 6) is -0.894. The maximum absolute atomic E-state index is 12.3. The van der Waals surface area contributed by atoms with E-state index in [1.54, 1.807) is 26.8 Å². The molecule has 0 saturated heterocycles. The molecule has 0 atom stereocenters. The lowest BCUT2D eigenvalue weighted by molar-refractivity contribution is 0.0581. The molecule has 0 unspecified atom stereocenters. The van der Waals surface area contributed by atoms with E-state index in [9.17, 15) is 14.7 Å². The van der Waals surface area contributed by atoms with Gasteiger partial charge in [0.05, 0.1) is 12.8 Å². The Kier molecular flexibility index (Phi) is 3.80. The lowest BCUT2D eigenvalue weighted by Gasteiger charge is -2.25. The number of carboxylic acids is 1. The summed E-state index contributed by atoms with van der Waals surface area (Å²) in [6.07, 6.45) is 0.146. The zero-order chi connectivity index (χ0) is 15.8. The third-order valence-corrected chi connectivity index (χ3v) is 3.14. The number of carboxylic acid groups (broad SMARTS) is 1. The van der Waals surface area contributed by atoms with Crippen LogP contribution in [0.25, 0.3) is 0 Å². The van der Waals surface area contributed by atoms with Gasteiger partial charge in [-0.15, -0.1) is 0 Å². The van der Waals surface area contributed by atoms with Crippen LogP contribution in [0.1, 0.15) is 36.7 Å². The van der Waals surface area contributed by atoms with Gasteiger partial charge in [-0.05, 0) is 38.8 Å². The predicted octanol–water partition coefficient (Wildman–Crippen LogP) is 2.69. The first kappa shape index (κ1) is 15.2. The van der Waals surface area contributed by atoms with Crippen molar-refractivity contribution in [3.8, 4) is 5.75 Å². The van der Waals surface area contributed by atoms with E-state index >= 15 is 0 Å². The summed E-state index contributed by atoms with van der Waals surface area (Å²) in [6, 6.07) is 3.21. The number of aromatic carboxylic acids is 1. The fourth-order valence-corrected chi connectivity index (χ4v) is 2.33. The van der Waals surface area contributed by atoms with Crippen LogP contribution >= 0.6 is 0 Å². The minimum atomic E-state index is -1.09. The van der Waals surface area contributed by atoms with E-state index in [2.05, 4.69) is 0 Å². The van der Waals surface area contributed by atoms with Gasteiger partial charge in [-0.3, -0.25) is 4.90 Å². The molecule has 6 nitrogen and oxygen atoms in total. The number of carbonyl (C=O) groups excluding carboxylic acids is 1. The molecule has 1 aliphatic heterocycles. The van der Waals surface area contributed by atoms with E-state index in [0.29, 0.717) is 18.7 Å². The number of methoxy groups -OCH3 is 1. The molecule has 0 aromatic heterocycles. The summed E-state index contributed by atoms with van der Waals surface area (Å²) in [6.45, 7) is 5.80. The number of nitrogens with zero attached hydrogens (tertiary/aromatic N) is 1. The van der Waals surface area contributed by atoms with Crippen molar-refractivity contribution < 1.29 is 24.2 Å². The maximum atomic E-state index is 12.3. The second-order valence-corrected chi connectivity index (χ2v) is 5.84. The van der Waals surface area contributed by atoms with Gasteiger partial charge in [0, 0.05) is 6.54 Å². The average molecular weight is 293 g/mol. The molecule has 0 spiro atoms. The quantitative estimate of drug-likeness (QED) is 0.907. The monoisotopic (exact) mass is 293 g/mol. The normalized spacial score (nSPS) is 13.8. The summed E-state index contributed by atoms with van der Waals surface area (Å²) < 4.78 is 10.6. The van der Waals surface area contributed by atoms with Crippen LogP contribution < -0.4 is 9.64 Å². The van der Waals surface area contributed by atoms with Crippen LogP contribution in [-0.2, 0) is 11.2 Å². The Balaban J connectivity index is 2.44. The van der Waals surface area contributed by atoms with Crippen molar-refractivity contribution in [1.82, 2.24) is 0 Å². The van der Waals surface area contributed by atoms with Crippen molar-refractivity contribution in [3.63, 3.8) is 0 Å². The number of hydrogen-bond acceptors (Lipinski definition) is 4. The number of anilines is 1. The highest BCUT2D eigenvalue weighted by atomic mass is 16.6. The Morgan fingerprint density at radius 1 is 1.29 bits per heavy atom. The molecule has 1 heterocycles. The summed E-state index contributed by atoms with van der Waals surface area (Å²) in [7, 11) is 1.40. The highest BCUT2D eigenvalue weighted by molar-refractivity contribution is 5.99. The van der Waals surface area contributed by atoms with Crippen molar-refractivity contribution in [2.75, 3.05) is 18.6 Å². The van der Waals surface area contributed by atoms with Gasteiger partial charge in [-0.2, -0.15) is 0 Å². The molecule has 1 aliphatic rings. The molecule has 114 valence electrons. The molecule has 2 rings (SSSR count). The maximum Gasteiger partial charge on any atom is 0.414 e. The third-order valence-electron chi connectivity index (χ3n) is 3.14. The van der Waals surface area contributed by atoms with Crippen molar-refractivity contribution >= 4 is 17.7 Å². The van der Waals surface area contributed by atoms with Crippen LogP contribution in [0.15, 0.2) is 12.1 Å². The van der Waals surface area contributed by atoms with E-state index < -0.39 is 17.7 Å². The number of carbonyl (C=O) groups is 2. The first-order chi connectivity index (χ1) is 9.74. The summed E-state index contributed by atoms with van der Waals surface area (Å²) in [5.41, 5.74) is 0.790. The van der Waals surface area contributed by atoms with Crippen LogP contribution in [0.5, 0.6) is 5.75 Å². The number of amides is 1. The Morgan fingerprint density at radius 3 is 2.48 bits per heavy atom. The number of rotatable bonds is 2.